The molecule has 0 unspecified atom stereocenters. The van der Waals surface area contributed by atoms with Crippen LogP contribution in [0.2, 0.25) is 0 Å². The number of nitrogens with zero attached hydrogens (tertiary/aromatic N) is 4. The Morgan fingerprint density at radius 1 is 1.16 bits per heavy atom. The van der Waals surface area contributed by atoms with Gasteiger partial charge in [-0.25, -0.2) is 19.2 Å². The second-order valence-electron chi connectivity index (χ2n) is 7.51. The third-order valence-electron chi connectivity index (χ3n) is 5.48. The van der Waals surface area contributed by atoms with Gasteiger partial charge in [0.05, 0.1) is 18.8 Å². The summed E-state index contributed by atoms with van der Waals surface area (Å²) < 4.78 is 31.7. The Labute approximate surface area is 179 Å². The SMILES string of the molecule is Cc1c(Oc2ccc(N3CCOCC3)cc2F)ncnc1OC1CCN(C(=O)O)CC1. The van der Waals surface area contributed by atoms with Crippen LogP contribution in [0.1, 0.15) is 18.4 Å². The number of carbonyl (C=O) groups is 1. The van der Waals surface area contributed by atoms with Gasteiger partial charge in [0.1, 0.15) is 12.4 Å². The topological polar surface area (TPSA) is 97.3 Å². The van der Waals surface area contributed by atoms with Gasteiger partial charge in [-0.1, -0.05) is 0 Å². The third kappa shape index (κ3) is 4.96. The van der Waals surface area contributed by atoms with E-state index in [1.807, 2.05) is 6.07 Å². The molecule has 0 bridgehead atoms. The quantitative estimate of drug-likeness (QED) is 0.770. The highest BCUT2D eigenvalue weighted by molar-refractivity contribution is 5.65. The van der Waals surface area contributed by atoms with Gasteiger partial charge in [0, 0.05) is 50.8 Å². The minimum absolute atomic E-state index is 0.0690. The van der Waals surface area contributed by atoms with Gasteiger partial charge in [0.25, 0.3) is 0 Å². The number of amides is 1. The van der Waals surface area contributed by atoms with E-state index >= 15 is 0 Å². The number of anilines is 1. The predicted octanol–water partition coefficient (Wildman–Crippen LogP) is 3.07. The summed E-state index contributed by atoms with van der Waals surface area (Å²) in [4.78, 5) is 22.8. The lowest BCUT2D eigenvalue weighted by Gasteiger charge is -2.30. The van der Waals surface area contributed by atoms with Crippen LogP contribution in [0.25, 0.3) is 0 Å². The number of rotatable bonds is 5. The van der Waals surface area contributed by atoms with Crippen molar-refractivity contribution in [1.82, 2.24) is 14.9 Å². The molecule has 0 radical (unpaired) electrons. The van der Waals surface area contributed by atoms with Crippen LogP contribution < -0.4 is 14.4 Å². The summed E-state index contributed by atoms with van der Waals surface area (Å²) in [5.41, 5.74) is 1.34. The van der Waals surface area contributed by atoms with Gasteiger partial charge in [0.2, 0.25) is 11.8 Å². The van der Waals surface area contributed by atoms with E-state index in [2.05, 4.69) is 14.9 Å². The molecule has 166 valence electrons. The summed E-state index contributed by atoms with van der Waals surface area (Å²) in [6, 6.07) is 4.85. The largest absolute Gasteiger partial charge is 0.474 e. The second kappa shape index (κ2) is 9.34. The molecule has 3 heterocycles. The number of piperidine rings is 1. The van der Waals surface area contributed by atoms with Crippen molar-refractivity contribution in [3.63, 3.8) is 0 Å². The smallest absolute Gasteiger partial charge is 0.407 e. The molecule has 0 aliphatic carbocycles. The van der Waals surface area contributed by atoms with Crippen LogP contribution in [0, 0.1) is 12.7 Å². The number of ether oxygens (including phenoxy) is 3. The van der Waals surface area contributed by atoms with Crippen LogP contribution in [0.4, 0.5) is 14.9 Å². The van der Waals surface area contributed by atoms with Crippen molar-refractivity contribution in [1.29, 1.82) is 0 Å². The molecule has 1 aromatic heterocycles. The highest BCUT2D eigenvalue weighted by atomic mass is 19.1. The normalized spacial score (nSPS) is 17.5. The molecule has 1 amide bonds. The first-order valence-corrected chi connectivity index (χ1v) is 10.3. The number of aromatic nitrogens is 2. The fourth-order valence-electron chi connectivity index (χ4n) is 3.66. The maximum atomic E-state index is 14.7. The number of hydrogen-bond donors (Lipinski definition) is 1. The van der Waals surface area contributed by atoms with E-state index in [0.29, 0.717) is 50.6 Å². The van der Waals surface area contributed by atoms with E-state index in [4.69, 9.17) is 19.3 Å². The van der Waals surface area contributed by atoms with Crippen LogP contribution in [0.15, 0.2) is 24.5 Å². The molecular weight excluding hydrogens is 407 g/mol. The van der Waals surface area contributed by atoms with E-state index in [1.165, 1.54) is 17.3 Å². The Bertz CT molecular complexity index is 930. The number of likely N-dealkylation sites (tertiary alicyclic amines) is 1. The minimum Gasteiger partial charge on any atom is -0.474 e. The molecular formula is C21H25FN4O5. The van der Waals surface area contributed by atoms with Gasteiger partial charge < -0.3 is 29.1 Å². The molecule has 9 nitrogen and oxygen atoms in total. The molecule has 31 heavy (non-hydrogen) atoms. The Morgan fingerprint density at radius 2 is 1.87 bits per heavy atom. The highest BCUT2D eigenvalue weighted by Gasteiger charge is 2.25. The van der Waals surface area contributed by atoms with Gasteiger partial charge in [0.15, 0.2) is 11.6 Å². The molecule has 0 saturated carbocycles. The summed E-state index contributed by atoms with van der Waals surface area (Å²) in [6.45, 7) is 5.25. The van der Waals surface area contributed by atoms with Gasteiger partial charge >= 0.3 is 6.09 Å². The average molecular weight is 432 g/mol. The van der Waals surface area contributed by atoms with E-state index < -0.39 is 11.9 Å². The Morgan fingerprint density at radius 3 is 2.55 bits per heavy atom. The second-order valence-corrected chi connectivity index (χ2v) is 7.51. The Balaban J connectivity index is 1.43. The van der Waals surface area contributed by atoms with Crippen molar-refractivity contribution in [2.45, 2.75) is 25.9 Å². The van der Waals surface area contributed by atoms with Gasteiger partial charge in [-0.15, -0.1) is 0 Å². The molecule has 0 spiro atoms. The monoisotopic (exact) mass is 432 g/mol. The summed E-state index contributed by atoms with van der Waals surface area (Å²) in [5, 5.41) is 9.06. The summed E-state index contributed by atoms with van der Waals surface area (Å²) in [7, 11) is 0. The average Bonchev–Trinajstić information content (AvgIpc) is 2.78. The van der Waals surface area contributed by atoms with Crippen molar-refractivity contribution in [2.75, 3.05) is 44.3 Å². The summed E-state index contributed by atoms with van der Waals surface area (Å²) >= 11 is 0. The maximum absolute atomic E-state index is 14.7. The number of halogens is 1. The molecule has 2 aromatic rings. The molecule has 2 fully saturated rings. The Kier molecular flexibility index (Phi) is 6.36. The van der Waals surface area contributed by atoms with Gasteiger partial charge in [-0.3, -0.25) is 0 Å². The minimum atomic E-state index is -0.922. The fraction of sp³-hybridized carbons (Fsp3) is 0.476. The van der Waals surface area contributed by atoms with Crippen LogP contribution in [0.5, 0.6) is 17.5 Å². The molecule has 10 heteroatoms. The standard InChI is InChI=1S/C21H25FN4O5/c1-14-19(30-16-4-6-26(7-5-16)21(27)28)23-13-24-20(14)31-18-3-2-15(12-17(18)22)25-8-10-29-11-9-25/h2-3,12-13,16H,4-11H2,1H3,(H,27,28). The fourth-order valence-corrected chi connectivity index (χ4v) is 3.66. The third-order valence-corrected chi connectivity index (χ3v) is 5.48. The molecule has 2 saturated heterocycles. The maximum Gasteiger partial charge on any atom is 0.407 e. The first-order valence-electron chi connectivity index (χ1n) is 10.3. The van der Waals surface area contributed by atoms with Crippen molar-refractivity contribution < 1.29 is 28.5 Å². The van der Waals surface area contributed by atoms with Crippen LogP contribution in [-0.4, -0.2) is 71.6 Å². The lowest BCUT2D eigenvalue weighted by molar-refractivity contribution is 0.0864. The molecule has 0 atom stereocenters. The predicted molar refractivity (Wildman–Crippen MR) is 110 cm³/mol. The molecule has 2 aliphatic heterocycles. The number of benzene rings is 1. The zero-order chi connectivity index (χ0) is 21.8. The lowest BCUT2D eigenvalue weighted by atomic mass is 10.1. The highest BCUT2D eigenvalue weighted by Crippen LogP contribution is 2.32. The lowest BCUT2D eigenvalue weighted by Crippen LogP contribution is -2.41. The van der Waals surface area contributed by atoms with E-state index in [1.54, 1.807) is 13.0 Å². The van der Waals surface area contributed by atoms with Gasteiger partial charge in [-0.2, -0.15) is 0 Å². The van der Waals surface area contributed by atoms with Crippen molar-refractivity contribution in [3.05, 3.63) is 35.9 Å². The number of hydrogen-bond acceptors (Lipinski definition) is 7. The first-order chi connectivity index (χ1) is 15.0. The van der Waals surface area contributed by atoms with Crippen molar-refractivity contribution in [3.8, 4) is 17.5 Å². The van der Waals surface area contributed by atoms with Gasteiger partial charge in [-0.05, 0) is 19.1 Å². The zero-order valence-electron chi connectivity index (χ0n) is 17.3. The Hall–Kier alpha value is -3.14. The first kappa shape index (κ1) is 21.1. The molecule has 1 N–H and O–H groups in total. The van der Waals surface area contributed by atoms with Crippen molar-refractivity contribution in [2.24, 2.45) is 0 Å². The van der Waals surface area contributed by atoms with Crippen LogP contribution in [0.3, 0.4) is 0 Å². The van der Waals surface area contributed by atoms with Crippen LogP contribution in [-0.2, 0) is 4.74 Å². The summed E-state index contributed by atoms with van der Waals surface area (Å²) in [5.74, 6) is 0.153. The molecule has 1 aromatic carbocycles. The van der Waals surface area contributed by atoms with E-state index in [0.717, 1.165) is 18.8 Å². The zero-order valence-corrected chi connectivity index (χ0v) is 17.3. The number of carboxylic acid groups (broad SMARTS) is 1. The van der Waals surface area contributed by atoms with Crippen LogP contribution >= 0.6 is 0 Å². The van der Waals surface area contributed by atoms with Crippen molar-refractivity contribution >= 4 is 11.8 Å². The number of morpholine rings is 1. The van der Waals surface area contributed by atoms with E-state index in [-0.39, 0.29) is 17.7 Å². The molecule has 2 aliphatic rings. The van der Waals surface area contributed by atoms with E-state index in [9.17, 15) is 9.18 Å². The summed E-state index contributed by atoms with van der Waals surface area (Å²) in [6.07, 6.45) is 1.38. The molecule has 4 rings (SSSR count).